The molecule has 1 unspecified atom stereocenters. The highest BCUT2D eigenvalue weighted by molar-refractivity contribution is 5.75. The Morgan fingerprint density at radius 3 is 2.86 bits per heavy atom. The second kappa shape index (κ2) is 4.55. The number of fused-ring (bicyclic) bond motifs is 2. The molecule has 0 saturated carbocycles. The Morgan fingerprint density at radius 2 is 1.95 bits per heavy atom. The summed E-state index contributed by atoms with van der Waals surface area (Å²) in [5.41, 5.74) is 1.99. The van der Waals surface area contributed by atoms with Crippen LogP contribution >= 0.6 is 0 Å². The molecule has 21 heavy (non-hydrogen) atoms. The highest BCUT2D eigenvalue weighted by Crippen LogP contribution is 2.37. The molecule has 0 radical (unpaired) electrons. The van der Waals surface area contributed by atoms with Gasteiger partial charge in [0, 0.05) is 23.6 Å². The maximum absolute atomic E-state index is 13.3. The van der Waals surface area contributed by atoms with E-state index in [9.17, 15) is 8.78 Å². The van der Waals surface area contributed by atoms with Crippen LogP contribution in [0.4, 0.5) is 8.78 Å². The molecule has 2 heterocycles. The highest BCUT2D eigenvalue weighted by Gasteiger charge is 2.25. The van der Waals surface area contributed by atoms with Crippen LogP contribution in [-0.2, 0) is 0 Å². The zero-order valence-corrected chi connectivity index (χ0v) is 11.1. The van der Waals surface area contributed by atoms with Gasteiger partial charge in [0.05, 0.1) is 17.6 Å². The van der Waals surface area contributed by atoms with Gasteiger partial charge in [-0.2, -0.15) is 0 Å². The van der Waals surface area contributed by atoms with Crippen molar-refractivity contribution in [2.45, 2.75) is 12.3 Å². The van der Waals surface area contributed by atoms with Gasteiger partial charge in [-0.3, -0.25) is 0 Å². The molecule has 0 fully saturated rings. The average Bonchev–Trinajstić information content (AvgIpc) is 2.90. The summed E-state index contributed by atoms with van der Waals surface area (Å²) in [6.07, 6.45) is 0.780. The molecule has 4 rings (SSSR count). The number of aromatic amines is 1. The maximum atomic E-state index is 13.3. The Morgan fingerprint density at radius 1 is 1.14 bits per heavy atom. The van der Waals surface area contributed by atoms with Crippen molar-refractivity contribution < 1.29 is 13.5 Å². The van der Waals surface area contributed by atoms with Crippen molar-refractivity contribution in [3.63, 3.8) is 0 Å². The van der Waals surface area contributed by atoms with Crippen LogP contribution in [0.1, 0.15) is 23.7 Å². The number of aromatic nitrogens is 2. The molecule has 1 aliphatic rings. The minimum atomic E-state index is -0.882. The van der Waals surface area contributed by atoms with Gasteiger partial charge < -0.3 is 9.72 Å². The van der Waals surface area contributed by atoms with Crippen LogP contribution in [0.15, 0.2) is 36.4 Å². The van der Waals surface area contributed by atoms with Gasteiger partial charge in [-0.15, -0.1) is 0 Å². The van der Waals surface area contributed by atoms with Gasteiger partial charge in [0.1, 0.15) is 11.6 Å². The molecule has 1 atom stereocenters. The largest absolute Gasteiger partial charge is 0.493 e. The Bertz CT molecular complexity index is 789. The molecular weight excluding hydrogens is 274 g/mol. The minimum Gasteiger partial charge on any atom is -0.493 e. The van der Waals surface area contributed by atoms with E-state index >= 15 is 0 Å². The van der Waals surface area contributed by atoms with Crippen LogP contribution < -0.4 is 4.74 Å². The van der Waals surface area contributed by atoms with Crippen molar-refractivity contribution in [2.75, 3.05) is 6.61 Å². The first kappa shape index (κ1) is 12.3. The number of ether oxygens (including phenoxy) is 1. The molecule has 3 aromatic rings. The van der Waals surface area contributed by atoms with Gasteiger partial charge in [0.2, 0.25) is 0 Å². The molecule has 0 spiro atoms. The highest BCUT2D eigenvalue weighted by atomic mass is 19.2. The number of halogens is 2. The summed E-state index contributed by atoms with van der Waals surface area (Å²) in [7, 11) is 0. The van der Waals surface area contributed by atoms with E-state index in [2.05, 4.69) is 9.97 Å². The van der Waals surface area contributed by atoms with Crippen molar-refractivity contribution in [3.8, 4) is 5.75 Å². The number of H-pyrrole nitrogens is 1. The molecule has 0 amide bonds. The fourth-order valence-electron chi connectivity index (χ4n) is 2.82. The van der Waals surface area contributed by atoms with E-state index in [0.717, 1.165) is 29.9 Å². The molecule has 5 heteroatoms. The van der Waals surface area contributed by atoms with Crippen molar-refractivity contribution in [2.24, 2.45) is 0 Å². The third kappa shape index (κ3) is 1.96. The maximum Gasteiger partial charge on any atom is 0.161 e. The molecule has 1 N–H and O–H groups in total. The first-order valence-corrected chi connectivity index (χ1v) is 6.79. The summed E-state index contributed by atoms with van der Waals surface area (Å²) in [5, 5.41) is 0. The molecule has 1 aromatic heterocycles. The van der Waals surface area contributed by atoms with E-state index in [1.807, 2.05) is 24.3 Å². The van der Waals surface area contributed by atoms with Crippen molar-refractivity contribution in [1.82, 2.24) is 9.97 Å². The zero-order valence-electron chi connectivity index (χ0n) is 11.1. The number of rotatable bonds is 1. The predicted octanol–water partition coefficient (Wildman–Crippen LogP) is 3.76. The molecule has 1 aliphatic heterocycles. The Balaban J connectivity index is 1.84. The second-order valence-electron chi connectivity index (χ2n) is 5.13. The number of hydrogen-bond donors (Lipinski definition) is 1. The van der Waals surface area contributed by atoms with Crippen molar-refractivity contribution in [3.05, 3.63) is 59.4 Å². The van der Waals surface area contributed by atoms with Gasteiger partial charge in [0.15, 0.2) is 11.6 Å². The Hall–Kier alpha value is -2.43. The third-order valence-electron chi connectivity index (χ3n) is 3.83. The summed E-state index contributed by atoms with van der Waals surface area (Å²) in [4.78, 5) is 7.52. The molecule has 0 saturated heterocycles. The van der Waals surface area contributed by atoms with E-state index in [1.54, 1.807) is 0 Å². The lowest BCUT2D eigenvalue weighted by molar-refractivity contribution is 0.275. The molecule has 2 aromatic carbocycles. The van der Waals surface area contributed by atoms with Crippen LogP contribution in [0, 0.1) is 11.6 Å². The number of imidazole rings is 1. The average molecular weight is 286 g/mol. The standard InChI is InChI=1S/C16H12F2N2O/c17-11-7-13-14(8-12(11)18)20-16(19-13)10-5-6-21-15-4-2-1-3-9(10)15/h1-4,7-8,10H,5-6H2,(H,19,20). The van der Waals surface area contributed by atoms with E-state index in [1.165, 1.54) is 0 Å². The monoisotopic (exact) mass is 286 g/mol. The normalized spacial score (nSPS) is 17.5. The number of benzene rings is 2. The SMILES string of the molecule is Fc1cc2nc(C3CCOc4ccccc43)[nH]c2cc1F. The van der Waals surface area contributed by atoms with Crippen LogP contribution in [0.2, 0.25) is 0 Å². The smallest absolute Gasteiger partial charge is 0.161 e. The third-order valence-corrected chi connectivity index (χ3v) is 3.83. The van der Waals surface area contributed by atoms with E-state index in [-0.39, 0.29) is 5.92 Å². The summed E-state index contributed by atoms with van der Waals surface area (Å²) in [6, 6.07) is 10.0. The quantitative estimate of drug-likeness (QED) is 0.739. The lowest BCUT2D eigenvalue weighted by Crippen LogP contribution is -2.16. The van der Waals surface area contributed by atoms with Crippen LogP contribution in [0.25, 0.3) is 11.0 Å². The predicted molar refractivity (Wildman–Crippen MR) is 74.4 cm³/mol. The first-order chi connectivity index (χ1) is 10.2. The molecule has 3 nitrogen and oxygen atoms in total. The van der Waals surface area contributed by atoms with E-state index < -0.39 is 11.6 Å². The summed E-state index contributed by atoms with van der Waals surface area (Å²) in [6.45, 7) is 0.599. The molecule has 0 bridgehead atoms. The Kier molecular flexibility index (Phi) is 2.67. The summed E-state index contributed by atoms with van der Waals surface area (Å²) < 4.78 is 32.2. The minimum absolute atomic E-state index is 0.0495. The number of hydrogen-bond acceptors (Lipinski definition) is 2. The topological polar surface area (TPSA) is 37.9 Å². The Labute approximate surface area is 119 Å². The van der Waals surface area contributed by atoms with Gasteiger partial charge >= 0.3 is 0 Å². The fraction of sp³-hybridized carbons (Fsp3) is 0.188. The van der Waals surface area contributed by atoms with Crippen LogP contribution in [0.3, 0.4) is 0 Å². The fourth-order valence-corrected chi connectivity index (χ4v) is 2.82. The first-order valence-electron chi connectivity index (χ1n) is 6.79. The van der Waals surface area contributed by atoms with Gasteiger partial charge in [-0.05, 0) is 12.5 Å². The zero-order chi connectivity index (χ0) is 14.4. The van der Waals surface area contributed by atoms with Gasteiger partial charge in [-0.25, -0.2) is 13.8 Å². The number of nitrogens with zero attached hydrogens (tertiary/aromatic N) is 1. The van der Waals surface area contributed by atoms with Crippen molar-refractivity contribution in [1.29, 1.82) is 0 Å². The lowest BCUT2D eigenvalue weighted by atomic mass is 9.92. The number of nitrogens with one attached hydrogen (secondary N) is 1. The van der Waals surface area contributed by atoms with Gasteiger partial charge in [-0.1, -0.05) is 18.2 Å². The van der Waals surface area contributed by atoms with E-state index in [0.29, 0.717) is 23.5 Å². The summed E-state index contributed by atoms with van der Waals surface area (Å²) in [5.74, 6) is -0.149. The molecule has 106 valence electrons. The molecule has 0 aliphatic carbocycles. The summed E-state index contributed by atoms with van der Waals surface area (Å²) >= 11 is 0. The van der Waals surface area contributed by atoms with Gasteiger partial charge in [0.25, 0.3) is 0 Å². The molecular formula is C16H12F2N2O. The second-order valence-corrected chi connectivity index (χ2v) is 5.13. The number of para-hydroxylation sites is 1. The van der Waals surface area contributed by atoms with Crippen molar-refractivity contribution >= 4 is 11.0 Å². The van der Waals surface area contributed by atoms with Crippen LogP contribution in [-0.4, -0.2) is 16.6 Å². The van der Waals surface area contributed by atoms with E-state index in [4.69, 9.17) is 4.74 Å². The lowest BCUT2D eigenvalue weighted by Gasteiger charge is -2.24. The van der Waals surface area contributed by atoms with Crippen LogP contribution in [0.5, 0.6) is 5.75 Å².